The molecule has 2 rings (SSSR count). The van der Waals surface area contributed by atoms with Crippen molar-refractivity contribution in [2.45, 2.75) is 0 Å². The third-order valence-corrected chi connectivity index (χ3v) is 3.08. The van der Waals surface area contributed by atoms with Crippen LogP contribution in [0.25, 0.3) is 0 Å². The summed E-state index contributed by atoms with van der Waals surface area (Å²) >= 11 is 3.24. The molecule has 0 bridgehead atoms. The standard InChI is InChI=1S/C14H14BrN3O/c1-18(2)12-5-3-4-11(8-12)17-14(19)10-6-7-13(15)16-9-10/h3-9H,1-2H3,(H,17,19). The number of halogens is 1. The molecule has 1 heterocycles. The van der Waals surface area contributed by atoms with Gasteiger partial charge in [0.1, 0.15) is 4.60 Å². The summed E-state index contributed by atoms with van der Waals surface area (Å²) < 4.78 is 0.707. The van der Waals surface area contributed by atoms with E-state index in [0.29, 0.717) is 10.2 Å². The van der Waals surface area contributed by atoms with Crippen molar-refractivity contribution in [2.24, 2.45) is 0 Å². The molecule has 0 spiro atoms. The third kappa shape index (κ3) is 3.54. The summed E-state index contributed by atoms with van der Waals surface area (Å²) in [5.74, 6) is -0.170. The maximum Gasteiger partial charge on any atom is 0.257 e. The van der Waals surface area contributed by atoms with Crippen molar-refractivity contribution in [3.05, 3.63) is 52.8 Å². The van der Waals surface area contributed by atoms with E-state index in [2.05, 4.69) is 26.2 Å². The van der Waals surface area contributed by atoms with Crippen LogP contribution >= 0.6 is 15.9 Å². The highest BCUT2D eigenvalue weighted by Gasteiger charge is 2.07. The monoisotopic (exact) mass is 319 g/mol. The fourth-order valence-corrected chi connectivity index (χ4v) is 1.81. The number of hydrogen-bond acceptors (Lipinski definition) is 3. The molecule has 1 amide bonds. The SMILES string of the molecule is CN(C)c1cccc(NC(=O)c2ccc(Br)nc2)c1. The molecule has 0 radical (unpaired) electrons. The summed E-state index contributed by atoms with van der Waals surface area (Å²) in [7, 11) is 3.92. The molecule has 98 valence electrons. The molecule has 0 aliphatic rings. The van der Waals surface area contributed by atoms with Crippen LogP contribution in [0.3, 0.4) is 0 Å². The van der Waals surface area contributed by atoms with Gasteiger partial charge in [0.15, 0.2) is 0 Å². The van der Waals surface area contributed by atoms with E-state index in [0.717, 1.165) is 11.4 Å². The van der Waals surface area contributed by atoms with Gasteiger partial charge in [0.05, 0.1) is 5.56 Å². The first-order valence-corrected chi connectivity index (χ1v) is 6.56. The number of hydrogen-bond donors (Lipinski definition) is 1. The normalized spacial score (nSPS) is 10.1. The summed E-state index contributed by atoms with van der Waals surface area (Å²) in [5.41, 5.74) is 2.32. The van der Waals surface area contributed by atoms with Crippen molar-refractivity contribution >= 4 is 33.2 Å². The fourth-order valence-electron chi connectivity index (χ4n) is 1.58. The second-order valence-electron chi connectivity index (χ2n) is 4.27. The Morgan fingerprint density at radius 2 is 2.05 bits per heavy atom. The highest BCUT2D eigenvalue weighted by atomic mass is 79.9. The van der Waals surface area contributed by atoms with Gasteiger partial charge in [-0.05, 0) is 46.3 Å². The molecule has 1 aromatic heterocycles. The average molecular weight is 320 g/mol. The summed E-state index contributed by atoms with van der Waals surface area (Å²) in [6, 6.07) is 11.1. The van der Waals surface area contributed by atoms with Gasteiger partial charge in [-0.2, -0.15) is 0 Å². The molecule has 0 fully saturated rings. The zero-order valence-electron chi connectivity index (χ0n) is 10.7. The van der Waals surface area contributed by atoms with Crippen molar-refractivity contribution in [1.29, 1.82) is 0 Å². The number of anilines is 2. The Bertz CT molecular complexity index is 581. The molecule has 0 unspecified atom stereocenters. The second-order valence-corrected chi connectivity index (χ2v) is 5.08. The lowest BCUT2D eigenvalue weighted by atomic mass is 10.2. The first-order valence-electron chi connectivity index (χ1n) is 5.76. The number of nitrogens with zero attached hydrogens (tertiary/aromatic N) is 2. The topological polar surface area (TPSA) is 45.2 Å². The largest absolute Gasteiger partial charge is 0.378 e. The Morgan fingerprint density at radius 3 is 2.68 bits per heavy atom. The van der Waals surface area contributed by atoms with Crippen LogP contribution < -0.4 is 10.2 Å². The Morgan fingerprint density at radius 1 is 1.26 bits per heavy atom. The van der Waals surface area contributed by atoms with Crippen LogP contribution in [0.15, 0.2) is 47.2 Å². The van der Waals surface area contributed by atoms with Crippen LogP contribution in [-0.2, 0) is 0 Å². The van der Waals surface area contributed by atoms with Crippen molar-refractivity contribution in [3.63, 3.8) is 0 Å². The highest BCUT2D eigenvalue weighted by molar-refractivity contribution is 9.10. The van der Waals surface area contributed by atoms with Gasteiger partial charge in [-0.25, -0.2) is 4.98 Å². The minimum absolute atomic E-state index is 0.170. The highest BCUT2D eigenvalue weighted by Crippen LogP contribution is 2.18. The molecule has 5 heteroatoms. The van der Waals surface area contributed by atoms with E-state index < -0.39 is 0 Å². The molecule has 0 atom stereocenters. The van der Waals surface area contributed by atoms with E-state index in [1.54, 1.807) is 12.1 Å². The predicted molar refractivity (Wildman–Crippen MR) is 80.7 cm³/mol. The van der Waals surface area contributed by atoms with Gasteiger partial charge in [0, 0.05) is 31.7 Å². The van der Waals surface area contributed by atoms with Crippen LogP contribution in [0.2, 0.25) is 0 Å². The van der Waals surface area contributed by atoms with Crippen molar-refractivity contribution < 1.29 is 4.79 Å². The van der Waals surface area contributed by atoms with E-state index in [1.165, 1.54) is 6.20 Å². The molecule has 0 aliphatic heterocycles. The van der Waals surface area contributed by atoms with Gasteiger partial charge in [-0.1, -0.05) is 6.07 Å². The lowest BCUT2D eigenvalue weighted by Gasteiger charge is -2.14. The Kier molecular flexibility index (Phi) is 4.16. The smallest absolute Gasteiger partial charge is 0.257 e. The van der Waals surface area contributed by atoms with Crippen LogP contribution in [0.5, 0.6) is 0 Å². The van der Waals surface area contributed by atoms with Crippen LogP contribution in [-0.4, -0.2) is 25.0 Å². The van der Waals surface area contributed by atoms with Gasteiger partial charge in [-0.15, -0.1) is 0 Å². The summed E-state index contributed by atoms with van der Waals surface area (Å²) in [5, 5.41) is 2.85. The first-order chi connectivity index (χ1) is 9.06. The second kappa shape index (κ2) is 5.84. The van der Waals surface area contributed by atoms with Crippen LogP contribution in [0.4, 0.5) is 11.4 Å². The number of carbonyl (C=O) groups excluding carboxylic acids is 1. The van der Waals surface area contributed by atoms with Gasteiger partial charge in [0.25, 0.3) is 5.91 Å². The van der Waals surface area contributed by atoms with Gasteiger partial charge < -0.3 is 10.2 Å². The maximum atomic E-state index is 12.0. The van der Waals surface area contributed by atoms with Crippen molar-refractivity contribution in [3.8, 4) is 0 Å². The molecule has 0 saturated carbocycles. The lowest BCUT2D eigenvalue weighted by molar-refractivity contribution is 0.102. The van der Waals surface area contributed by atoms with Crippen LogP contribution in [0, 0.1) is 0 Å². The van der Waals surface area contributed by atoms with Crippen LogP contribution in [0.1, 0.15) is 10.4 Å². The zero-order chi connectivity index (χ0) is 13.8. The molecular weight excluding hydrogens is 306 g/mol. The summed E-state index contributed by atoms with van der Waals surface area (Å²) in [6.45, 7) is 0. The van der Waals surface area contributed by atoms with Crippen molar-refractivity contribution in [1.82, 2.24) is 4.98 Å². The van der Waals surface area contributed by atoms with Gasteiger partial charge in [0.2, 0.25) is 0 Å². The molecule has 0 aliphatic carbocycles. The maximum absolute atomic E-state index is 12.0. The van der Waals surface area contributed by atoms with Gasteiger partial charge in [-0.3, -0.25) is 4.79 Å². The predicted octanol–water partition coefficient (Wildman–Crippen LogP) is 3.16. The zero-order valence-corrected chi connectivity index (χ0v) is 12.3. The molecular formula is C14H14BrN3O. The number of carbonyl (C=O) groups is 1. The number of amides is 1. The molecule has 19 heavy (non-hydrogen) atoms. The van der Waals surface area contributed by atoms with Crippen molar-refractivity contribution in [2.75, 3.05) is 24.3 Å². The molecule has 1 N–H and O–H groups in total. The lowest BCUT2D eigenvalue weighted by Crippen LogP contribution is -2.13. The molecule has 1 aromatic carbocycles. The van der Waals surface area contributed by atoms with E-state index in [4.69, 9.17) is 0 Å². The minimum Gasteiger partial charge on any atom is -0.378 e. The number of pyridine rings is 1. The molecule has 0 saturated heterocycles. The summed E-state index contributed by atoms with van der Waals surface area (Å²) in [4.78, 5) is 18.0. The van der Waals surface area contributed by atoms with E-state index in [9.17, 15) is 4.79 Å². The quantitative estimate of drug-likeness (QED) is 0.884. The van der Waals surface area contributed by atoms with E-state index in [1.807, 2.05) is 43.3 Å². The summed E-state index contributed by atoms with van der Waals surface area (Å²) in [6.07, 6.45) is 1.54. The number of benzene rings is 1. The van der Waals surface area contributed by atoms with Gasteiger partial charge >= 0.3 is 0 Å². The number of rotatable bonds is 3. The van der Waals surface area contributed by atoms with E-state index >= 15 is 0 Å². The molecule has 4 nitrogen and oxygen atoms in total. The first kappa shape index (κ1) is 13.5. The average Bonchev–Trinajstić information content (AvgIpc) is 2.39. The molecule has 2 aromatic rings. The fraction of sp³-hybridized carbons (Fsp3) is 0.143. The Balaban J connectivity index is 2.14. The Labute approximate surface area is 120 Å². The Hall–Kier alpha value is -1.88. The number of nitrogens with one attached hydrogen (secondary N) is 1. The number of aromatic nitrogens is 1. The van der Waals surface area contributed by atoms with E-state index in [-0.39, 0.29) is 5.91 Å². The third-order valence-electron chi connectivity index (χ3n) is 2.61. The minimum atomic E-state index is -0.170.